The molecular weight excluding hydrogens is 308 g/mol. The smallest absolute Gasteiger partial charge is 0.282 e. The minimum Gasteiger partial charge on any atom is -0.495 e. The molecule has 1 aromatic rings. The van der Waals surface area contributed by atoms with Gasteiger partial charge < -0.3 is 25.2 Å². The van der Waals surface area contributed by atoms with Crippen LogP contribution in [0.1, 0.15) is 6.92 Å². The zero-order valence-electron chi connectivity index (χ0n) is 14.6. The molecule has 0 aliphatic carbocycles. The Kier molecular flexibility index (Phi) is 6.57. The molecule has 4 N–H and O–H groups in total. The van der Waals surface area contributed by atoms with Crippen LogP contribution in [0, 0.1) is 0 Å². The fraction of sp³-hybridized carbons (Fsp3) is 0.529. The number of quaternary nitrogens is 2. The maximum Gasteiger partial charge on any atom is 0.282 e. The van der Waals surface area contributed by atoms with Crippen molar-refractivity contribution in [2.45, 2.75) is 13.0 Å². The third-order valence-electron chi connectivity index (χ3n) is 4.66. The van der Waals surface area contributed by atoms with E-state index in [9.17, 15) is 9.59 Å². The number of amides is 2. The maximum atomic E-state index is 12.5. The Morgan fingerprint density at radius 2 is 1.88 bits per heavy atom. The molecule has 1 aliphatic heterocycles. The van der Waals surface area contributed by atoms with Crippen molar-refractivity contribution >= 4 is 17.5 Å². The average Bonchev–Trinajstić information content (AvgIpc) is 2.62. The van der Waals surface area contributed by atoms with E-state index in [1.807, 2.05) is 31.2 Å². The van der Waals surface area contributed by atoms with Crippen molar-refractivity contribution in [3.63, 3.8) is 0 Å². The number of carbonyl (C=O) groups excluding carboxylic acids is 2. The minimum absolute atomic E-state index is 0.00995. The molecule has 7 nitrogen and oxygen atoms in total. The summed E-state index contributed by atoms with van der Waals surface area (Å²) in [6.07, 6.45) is 0. The molecule has 1 aliphatic rings. The number of nitrogens with one attached hydrogen (secondary N) is 4. The lowest BCUT2D eigenvalue weighted by atomic mass is 10.2. The number of hydrogen-bond acceptors (Lipinski definition) is 3. The number of carbonyl (C=O) groups is 2. The number of anilines is 1. The molecule has 0 bridgehead atoms. The van der Waals surface area contributed by atoms with Crippen LogP contribution in [0.4, 0.5) is 5.69 Å². The van der Waals surface area contributed by atoms with Gasteiger partial charge in [-0.1, -0.05) is 12.1 Å². The largest absolute Gasteiger partial charge is 0.495 e. The normalized spacial score (nSPS) is 21.6. The van der Waals surface area contributed by atoms with E-state index in [2.05, 4.69) is 10.6 Å². The highest BCUT2D eigenvalue weighted by atomic mass is 16.5. The molecular formula is C17H28N4O3+2. The standard InChI is InChI=1S/C17H26N4O3/c1-13(17(23)19-14-6-4-5-7-15(14)24-3)21-10-8-20(9-11-21)12-16(22)18-2/h4-7,13H,8-12H2,1-3H3,(H,18,22)(H,19,23)/p+2/t13-/m1/s1. The zero-order chi connectivity index (χ0) is 17.5. The van der Waals surface area contributed by atoms with Gasteiger partial charge in [-0.2, -0.15) is 0 Å². The molecule has 7 heteroatoms. The summed E-state index contributed by atoms with van der Waals surface area (Å²) in [6.45, 7) is 6.01. The van der Waals surface area contributed by atoms with Crippen molar-refractivity contribution in [2.24, 2.45) is 0 Å². The fourth-order valence-corrected chi connectivity index (χ4v) is 3.02. The van der Waals surface area contributed by atoms with Crippen molar-refractivity contribution < 1.29 is 24.1 Å². The van der Waals surface area contributed by atoms with Crippen molar-refractivity contribution in [3.8, 4) is 5.75 Å². The van der Waals surface area contributed by atoms with Crippen LogP contribution in [0.3, 0.4) is 0 Å². The molecule has 132 valence electrons. The van der Waals surface area contributed by atoms with E-state index in [1.165, 1.54) is 9.80 Å². The monoisotopic (exact) mass is 336 g/mol. The summed E-state index contributed by atoms with van der Waals surface area (Å²) in [5.41, 5.74) is 0.695. The molecule has 1 atom stereocenters. The lowest BCUT2D eigenvalue weighted by molar-refractivity contribution is -1.01. The van der Waals surface area contributed by atoms with E-state index >= 15 is 0 Å². The topological polar surface area (TPSA) is 76.3 Å². The number of benzene rings is 1. The Bertz CT molecular complexity index is 571. The second-order valence-electron chi connectivity index (χ2n) is 6.17. The number of ether oxygens (including phenoxy) is 1. The molecule has 0 unspecified atom stereocenters. The van der Waals surface area contributed by atoms with E-state index in [4.69, 9.17) is 4.74 Å². The molecule has 1 saturated heterocycles. The number of piperazine rings is 1. The van der Waals surface area contributed by atoms with Gasteiger partial charge in [0, 0.05) is 7.05 Å². The number of rotatable bonds is 6. The summed E-state index contributed by atoms with van der Waals surface area (Å²) in [6, 6.07) is 7.27. The average molecular weight is 336 g/mol. The van der Waals surface area contributed by atoms with Crippen LogP contribution in [0.15, 0.2) is 24.3 Å². The highest BCUT2D eigenvalue weighted by Crippen LogP contribution is 2.22. The predicted molar refractivity (Wildman–Crippen MR) is 91.4 cm³/mol. The van der Waals surface area contributed by atoms with Gasteiger partial charge >= 0.3 is 0 Å². The van der Waals surface area contributed by atoms with E-state index in [0.29, 0.717) is 18.0 Å². The van der Waals surface area contributed by atoms with Gasteiger partial charge in [0.25, 0.3) is 11.8 Å². The summed E-state index contributed by atoms with van der Waals surface area (Å²) >= 11 is 0. The summed E-state index contributed by atoms with van der Waals surface area (Å²) in [5, 5.41) is 5.62. The van der Waals surface area contributed by atoms with E-state index in [-0.39, 0.29) is 17.9 Å². The Morgan fingerprint density at radius 3 is 2.50 bits per heavy atom. The lowest BCUT2D eigenvalue weighted by Gasteiger charge is -2.32. The molecule has 1 fully saturated rings. The van der Waals surface area contributed by atoms with Gasteiger partial charge in [0.15, 0.2) is 12.6 Å². The molecule has 0 radical (unpaired) electrons. The second-order valence-corrected chi connectivity index (χ2v) is 6.17. The fourth-order valence-electron chi connectivity index (χ4n) is 3.02. The van der Waals surface area contributed by atoms with Crippen LogP contribution in [0.5, 0.6) is 5.75 Å². The van der Waals surface area contributed by atoms with Crippen LogP contribution in [0.2, 0.25) is 0 Å². The van der Waals surface area contributed by atoms with Gasteiger partial charge in [0.05, 0.1) is 12.8 Å². The first-order valence-corrected chi connectivity index (χ1v) is 8.37. The van der Waals surface area contributed by atoms with Gasteiger partial charge in [0.1, 0.15) is 31.9 Å². The second kappa shape index (κ2) is 8.65. The number of methoxy groups -OCH3 is 1. The van der Waals surface area contributed by atoms with Gasteiger partial charge in [-0.15, -0.1) is 0 Å². The molecule has 0 saturated carbocycles. The molecule has 0 aromatic heterocycles. The third-order valence-corrected chi connectivity index (χ3v) is 4.66. The van der Waals surface area contributed by atoms with Gasteiger partial charge in [-0.3, -0.25) is 9.59 Å². The summed E-state index contributed by atoms with van der Waals surface area (Å²) < 4.78 is 5.27. The highest BCUT2D eigenvalue weighted by molar-refractivity contribution is 5.94. The lowest BCUT2D eigenvalue weighted by Crippen LogP contribution is -3.30. The van der Waals surface area contributed by atoms with Gasteiger partial charge in [0.2, 0.25) is 0 Å². The quantitative estimate of drug-likeness (QED) is 0.466. The Balaban J connectivity index is 1.87. The number of hydrogen-bond donors (Lipinski definition) is 4. The van der Waals surface area contributed by atoms with E-state index < -0.39 is 0 Å². The number of likely N-dealkylation sites (N-methyl/N-ethyl adjacent to an activating group) is 1. The molecule has 0 spiro atoms. The van der Waals surface area contributed by atoms with Gasteiger partial charge in [-0.25, -0.2) is 0 Å². The minimum atomic E-state index is -0.142. The van der Waals surface area contributed by atoms with Gasteiger partial charge in [-0.05, 0) is 19.1 Å². The summed E-state index contributed by atoms with van der Waals surface area (Å²) in [7, 11) is 3.25. The van der Waals surface area contributed by atoms with Crippen molar-refractivity contribution in [1.29, 1.82) is 0 Å². The van der Waals surface area contributed by atoms with Crippen LogP contribution < -0.4 is 25.2 Å². The Hall–Kier alpha value is -2.12. The molecule has 1 aromatic carbocycles. The predicted octanol–water partition coefficient (Wildman–Crippen LogP) is -2.45. The van der Waals surface area contributed by atoms with E-state index in [1.54, 1.807) is 14.2 Å². The zero-order valence-corrected chi connectivity index (χ0v) is 14.6. The van der Waals surface area contributed by atoms with Crippen molar-refractivity contribution in [2.75, 3.05) is 52.2 Å². The SMILES string of the molecule is CNC(=O)C[NH+]1CC[NH+]([C@H](C)C(=O)Nc2ccccc2OC)CC1. The Morgan fingerprint density at radius 1 is 1.21 bits per heavy atom. The molecule has 2 amide bonds. The molecule has 24 heavy (non-hydrogen) atoms. The first-order valence-electron chi connectivity index (χ1n) is 8.37. The maximum absolute atomic E-state index is 12.5. The highest BCUT2D eigenvalue weighted by Gasteiger charge is 2.31. The van der Waals surface area contributed by atoms with Crippen LogP contribution in [0.25, 0.3) is 0 Å². The Labute approximate surface area is 142 Å². The molecule has 2 rings (SSSR count). The first-order chi connectivity index (χ1) is 11.5. The molecule has 1 heterocycles. The number of para-hydroxylation sites is 2. The first kappa shape index (κ1) is 18.2. The van der Waals surface area contributed by atoms with Crippen LogP contribution in [-0.4, -0.2) is 64.7 Å². The van der Waals surface area contributed by atoms with Crippen molar-refractivity contribution in [1.82, 2.24) is 5.32 Å². The van der Waals surface area contributed by atoms with Crippen LogP contribution >= 0.6 is 0 Å². The van der Waals surface area contributed by atoms with Crippen LogP contribution in [-0.2, 0) is 9.59 Å². The van der Waals surface area contributed by atoms with E-state index in [0.717, 1.165) is 26.2 Å². The van der Waals surface area contributed by atoms with Crippen molar-refractivity contribution in [3.05, 3.63) is 24.3 Å². The summed E-state index contributed by atoms with van der Waals surface area (Å²) in [4.78, 5) is 26.5. The summed E-state index contributed by atoms with van der Waals surface area (Å²) in [5.74, 6) is 0.715. The third kappa shape index (κ3) is 4.69.